The van der Waals surface area contributed by atoms with Gasteiger partial charge in [-0.25, -0.2) is 0 Å². The third-order valence-electron chi connectivity index (χ3n) is 3.59. The minimum atomic E-state index is -0.309. The summed E-state index contributed by atoms with van der Waals surface area (Å²) in [5.74, 6) is 0.712. The van der Waals surface area contributed by atoms with Crippen molar-refractivity contribution in [2.24, 2.45) is 5.73 Å². The molecule has 3 N–H and O–H groups in total. The van der Waals surface area contributed by atoms with Crippen LogP contribution < -0.4 is 15.8 Å². The molecule has 0 heterocycles. The molecule has 0 radical (unpaired) electrons. The summed E-state index contributed by atoms with van der Waals surface area (Å²) >= 11 is 0. The van der Waals surface area contributed by atoms with Gasteiger partial charge in [-0.15, -0.1) is 12.4 Å². The van der Waals surface area contributed by atoms with E-state index in [1.54, 1.807) is 7.11 Å². The second kappa shape index (κ2) is 8.82. The van der Waals surface area contributed by atoms with Gasteiger partial charge in [-0.3, -0.25) is 4.79 Å². The molecule has 20 heavy (non-hydrogen) atoms. The average Bonchev–Trinajstić information content (AvgIpc) is 2.45. The maximum atomic E-state index is 11.9. The zero-order chi connectivity index (χ0) is 14.3. The number of nitrogens with one attached hydrogen (secondary N) is 1. The standard InChI is InChI=1S/C15H24N2O2.ClH/c1-4-15(16,5-2)11-17-14(18)10-12-8-6-7-9-13(12)19-3;/h6-9H,4-5,10-11,16H2,1-3H3,(H,17,18);1H. The van der Waals surface area contributed by atoms with E-state index < -0.39 is 0 Å². The van der Waals surface area contributed by atoms with Gasteiger partial charge in [-0.2, -0.15) is 0 Å². The van der Waals surface area contributed by atoms with Crippen LogP contribution in [-0.2, 0) is 11.2 Å². The fourth-order valence-corrected chi connectivity index (χ4v) is 1.86. The molecule has 4 nitrogen and oxygen atoms in total. The van der Waals surface area contributed by atoms with Crippen LogP contribution in [0.1, 0.15) is 32.3 Å². The molecule has 114 valence electrons. The molecule has 1 aromatic rings. The summed E-state index contributed by atoms with van der Waals surface area (Å²) in [5, 5.41) is 2.91. The number of hydrogen-bond acceptors (Lipinski definition) is 3. The Morgan fingerprint density at radius 2 is 1.90 bits per heavy atom. The Labute approximate surface area is 127 Å². The number of carbonyl (C=O) groups excluding carboxylic acids is 1. The quantitative estimate of drug-likeness (QED) is 0.812. The summed E-state index contributed by atoms with van der Waals surface area (Å²) in [5.41, 5.74) is 6.73. The molecule has 1 aromatic carbocycles. The second-order valence-corrected chi connectivity index (χ2v) is 4.83. The fourth-order valence-electron chi connectivity index (χ4n) is 1.86. The van der Waals surface area contributed by atoms with E-state index in [4.69, 9.17) is 10.5 Å². The summed E-state index contributed by atoms with van der Waals surface area (Å²) in [6.45, 7) is 4.58. The van der Waals surface area contributed by atoms with Crippen LogP contribution in [0.3, 0.4) is 0 Å². The Hall–Kier alpha value is -1.26. The van der Waals surface area contributed by atoms with Crippen LogP contribution in [0.25, 0.3) is 0 Å². The number of methoxy groups -OCH3 is 1. The van der Waals surface area contributed by atoms with Crippen LogP contribution >= 0.6 is 12.4 Å². The maximum absolute atomic E-state index is 11.9. The summed E-state index contributed by atoms with van der Waals surface area (Å²) in [7, 11) is 1.61. The average molecular weight is 301 g/mol. The van der Waals surface area contributed by atoms with Gasteiger partial charge in [-0.1, -0.05) is 32.0 Å². The first-order valence-electron chi connectivity index (χ1n) is 6.72. The summed E-state index contributed by atoms with van der Waals surface area (Å²) < 4.78 is 5.23. The molecule has 0 saturated heterocycles. The zero-order valence-corrected chi connectivity index (χ0v) is 13.3. The smallest absolute Gasteiger partial charge is 0.224 e. The molecule has 0 atom stereocenters. The highest BCUT2D eigenvalue weighted by atomic mass is 35.5. The number of amides is 1. The lowest BCUT2D eigenvalue weighted by Crippen LogP contribution is -2.49. The molecule has 0 fully saturated rings. The highest BCUT2D eigenvalue weighted by molar-refractivity contribution is 5.85. The first kappa shape index (κ1) is 18.7. The van der Waals surface area contributed by atoms with E-state index in [-0.39, 0.29) is 23.9 Å². The normalized spacial score (nSPS) is 10.6. The molecule has 0 spiro atoms. The number of para-hydroxylation sites is 1. The van der Waals surface area contributed by atoms with Crippen LogP contribution in [-0.4, -0.2) is 25.1 Å². The predicted molar refractivity (Wildman–Crippen MR) is 84.5 cm³/mol. The third-order valence-corrected chi connectivity index (χ3v) is 3.59. The number of halogens is 1. The second-order valence-electron chi connectivity index (χ2n) is 4.83. The number of rotatable bonds is 7. The SMILES string of the molecule is CCC(N)(CC)CNC(=O)Cc1ccccc1OC.Cl. The van der Waals surface area contributed by atoms with Crippen LogP contribution in [0.5, 0.6) is 5.75 Å². The molecule has 0 aromatic heterocycles. The number of hydrogen-bond donors (Lipinski definition) is 2. The van der Waals surface area contributed by atoms with Crippen LogP contribution in [0.2, 0.25) is 0 Å². The lowest BCUT2D eigenvalue weighted by Gasteiger charge is -2.26. The Bertz CT molecular complexity index is 420. The van der Waals surface area contributed by atoms with Gasteiger partial charge in [0.05, 0.1) is 13.5 Å². The largest absolute Gasteiger partial charge is 0.496 e. The van der Waals surface area contributed by atoms with Gasteiger partial charge < -0.3 is 15.8 Å². The van der Waals surface area contributed by atoms with Crippen molar-refractivity contribution < 1.29 is 9.53 Å². The minimum absolute atomic E-state index is 0. The van der Waals surface area contributed by atoms with Crippen LogP contribution in [0.15, 0.2) is 24.3 Å². The summed E-state index contributed by atoms with van der Waals surface area (Å²) in [6, 6.07) is 7.54. The van der Waals surface area contributed by atoms with E-state index in [9.17, 15) is 4.79 Å². The first-order chi connectivity index (χ1) is 9.04. The van der Waals surface area contributed by atoms with Crippen molar-refractivity contribution in [2.45, 2.75) is 38.6 Å². The summed E-state index contributed by atoms with van der Waals surface area (Å²) in [6.07, 6.45) is 2.00. The highest BCUT2D eigenvalue weighted by Gasteiger charge is 2.21. The van der Waals surface area contributed by atoms with E-state index >= 15 is 0 Å². The zero-order valence-electron chi connectivity index (χ0n) is 12.4. The molecular weight excluding hydrogens is 276 g/mol. The molecule has 0 saturated carbocycles. The van der Waals surface area contributed by atoms with E-state index in [1.165, 1.54) is 0 Å². The molecule has 5 heteroatoms. The van der Waals surface area contributed by atoms with Gasteiger partial charge in [0.15, 0.2) is 0 Å². The third kappa shape index (κ3) is 5.39. The van der Waals surface area contributed by atoms with E-state index in [0.29, 0.717) is 13.0 Å². The van der Waals surface area contributed by atoms with Crippen molar-refractivity contribution in [1.82, 2.24) is 5.32 Å². The Balaban J connectivity index is 0.00000361. The number of nitrogens with two attached hydrogens (primary N) is 1. The molecule has 0 aliphatic rings. The Kier molecular flexibility index (Phi) is 8.26. The Morgan fingerprint density at radius 1 is 1.30 bits per heavy atom. The van der Waals surface area contributed by atoms with Crippen molar-refractivity contribution >= 4 is 18.3 Å². The topological polar surface area (TPSA) is 64.3 Å². The van der Waals surface area contributed by atoms with Crippen molar-refractivity contribution in [1.29, 1.82) is 0 Å². The van der Waals surface area contributed by atoms with E-state index in [1.807, 2.05) is 38.1 Å². The number of benzene rings is 1. The van der Waals surface area contributed by atoms with Crippen LogP contribution in [0, 0.1) is 0 Å². The summed E-state index contributed by atoms with van der Waals surface area (Å²) in [4.78, 5) is 11.9. The molecule has 1 rings (SSSR count). The molecule has 0 bridgehead atoms. The van der Waals surface area contributed by atoms with Gasteiger partial charge in [0.1, 0.15) is 5.75 Å². The van der Waals surface area contributed by atoms with Gasteiger partial charge in [0.25, 0.3) is 0 Å². The number of carbonyl (C=O) groups is 1. The fraction of sp³-hybridized carbons (Fsp3) is 0.533. The molecule has 0 aliphatic carbocycles. The molecule has 0 aliphatic heterocycles. The highest BCUT2D eigenvalue weighted by Crippen LogP contribution is 2.17. The maximum Gasteiger partial charge on any atom is 0.224 e. The van der Waals surface area contributed by atoms with Crippen molar-refractivity contribution in [2.75, 3.05) is 13.7 Å². The van der Waals surface area contributed by atoms with Crippen molar-refractivity contribution in [3.05, 3.63) is 29.8 Å². The van der Waals surface area contributed by atoms with E-state index in [0.717, 1.165) is 24.2 Å². The molecule has 0 unspecified atom stereocenters. The monoisotopic (exact) mass is 300 g/mol. The first-order valence-corrected chi connectivity index (χ1v) is 6.72. The van der Waals surface area contributed by atoms with Gasteiger partial charge in [0.2, 0.25) is 5.91 Å². The lowest BCUT2D eigenvalue weighted by atomic mass is 9.94. The van der Waals surface area contributed by atoms with Crippen molar-refractivity contribution in [3.8, 4) is 5.75 Å². The van der Waals surface area contributed by atoms with Gasteiger partial charge in [-0.05, 0) is 18.9 Å². The van der Waals surface area contributed by atoms with Gasteiger partial charge >= 0.3 is 0 Å². The van der Waals surface area contributed by atoms with Crippen LogP contribution in [0.4, 0.5) is 0 Å². The minimum Gasteiger partial charge on any atom is -0.496 e. The van der Waals surface area contributed by atoms with Crippen molar-refractivity contribution in [3.63, 3.8) is 0 Å². The number of ether oxygens (including phenoxy) is 1. The Morgan fingerprint density at radius 3 is 2.45 bits per heavy atom. The van der Waals surface area contributed by atoms with E-state index in [2.05, 4.69) is 5.32 Å². The predicted octanol–water partition coefficient (Wildman–Crippen LogP) is 2.29. The molecular formula is C15H25ClN2O2. The molecule has 1 amide bonds. The van der Waals surface area contributed by atoms with Gasteiger partial charge in [0, 0.05) is 17.6 Å². The lowest BCUT2D eigenvalue weighted by molar-refractivity contribution is -0.120.